The summed E-state index contributed by atoms with van der Waals surface area (Å²) in [6.45, 7) is 0. The Balaban J connectivity index is 2.93. The summed E-state index contributed by atoms with van der Waals surface area (Å²) >= 11 is 0. The lowest BCUT2D eigenvalue weighted by Gasteiger charge is -2.06. The first-order valence-electron chi connectivity index (χ1n) is 5.19. The Morgan fingerprint density at radius 3 is 2.72 bits per heavy atom. The van der Waals surface area contributed by atoms with E-state index in [1.807, 2.05) is 0 Å². The minimum absolute atomic E-state index is 0.0147. The standard InChI is InChI=1S/C13H13NO4/c1-18-11-7-9(3-2-4-12(14)15)5-6-10(11)8-13(16)17/h5-7H,4,8H2,1H3,(H2,14,15)(H,16,17). The van der Waals surface area contributed by atoms with E-state index in [-0.39, 0.29) is 12.8 Å². The molecule has 0 atom stereocenters. The lowest BCUT2D eigenvalue weighted by molar-refractivity contribution is -0.136. The van der Waals surface area contributed by atoms with E-state index in [1.54, 1.807) is 18.2 Å². The summed E-state index contributed by atoms with van der Waals surface area (Å²) in [4.78, 5) is 21.2. The molecule has 3 N–H and O–H groups in total. The molecule has 0 aliphatic heterocycles. The number of nitrogens with two attached hydrogens (primary N) is 1. The highest BCUT2D eigenvalue weighted by Gasteiger charge is 2.07. The Hall–Kier alpha value is -2.48. The molecule has 0 spiro atoms. The van der Waals surface area contributed by atoms with Crippen LogP contribution in [0.4, 0.5) is 0 Å². The van der Waals surface area contributed by atoms with Gasteiger partial charge in [0.1, 0.15) is 5.75 Å². The highest BCUT2D eigenvalue weighted by Crippen LogP contribution is 2.20. The van der Waals surface area contributed by atoms with Crippen molar-refractivity contribution >= 4 is 11.9 Å². The quantitative estimate of drug-likeness (QED) is 0.760. The minimum atomic E-state index is -0.930. The third-order valence-corrected chi connectivity index (χ3v) is 2.12. The molecule has 1 amide bonds. The Morgan fingerprint density at radius 1 is 1.44 bits per heavy atom. The van der Waals surface area contributed by atoms with Gasteiger partial charge in [-0.25, -0.2) is 0 Å². The van der Waals surface area contributed by atoms with Crippen molar-refractivity contribution in [1.82, 2.24) is 0 Å². The molecular formula is C13H13NO4. The van der Waals surface area contributed by atoms with Crippen molar-refractivity contribution in [2.45, 2.75) is 12.8 Å². The summed E-state index contributed by atoms with van der Waals surface area (Å²) in [5.41, 5.74) is 6.18. The smallest absolute Gasteiger partial charge is 0.307 e. The average Bonchev–Trinajstić information content (AvgIpc) is 2.29. The van der Waals surface area contributed by atoms with E-state index in [0.717, 1.165) is 0 Å². The number of methoxy groups -OCH3 is 1. The highest BCUT2D eigenvalue weighted by molar-refractivity contribution is 5.76. The second-order valence-corrected chi connectivity index (χ2v) is 3.54. The van der Waals surface area contributed by atoms with Crippen LogP contribution in [0.1, 0.15) is 17.5 Å². The molecular weight excluding hydrogens is 234 g/mol. The van der Waals surface area contributed by atoms with Gasteiger partial charge >= 0.3 is 5.97 Å². The number of hydrogen-bond acceptors (Lipinski definition) is 3. The first-order chi connectivity index (χ1) is 8.52. The maximum Gasteiger partial charge on any atom is 0.307 e. The van der Waals surface area contributed by atoms with E-state index in [4.69, 9.17) is 15.6 Å². The molecule has 0 saturated carbocycles. The number of aliphatic carboxylic acids is 1. The molecule has 0 radical (unpaired) electrons. The van der Waals surface area contributed by atoms with Crippen molar-refractivity contribution < 1.29 is 19.4 Å². The van der Waals surface area contributed by atoms with E-state index in [2.05, 4.69) is 11.8 Å². The van der Waals surface area contributed by atoms with Crippen LogP contribution in [0.15, 0.2) is 18.2 Å². The predicted molar refractivity (Wildman–Crippen MR) is 65.0 cm³/mol. The first kappa shape index (κ1) is 13.6. The Labute approximate surface area is 105 Å². The third kappa shape index (κ3) is 4.18. The number of carboxylic acids is 1. The molecule has 1 aromatic carbocycles. The lowest BCUT2D eigenvalue weighted by Crippen LogP contribution is -2.08. The van der Waals surface area contributed by atoms with Gasteiger partial charge in [-0.05, 0) is 12.1 Å². The Bertz CT molecular complexity index is 526. The van der Waals surface area contributed by atoms with Crippen molar-refractivity contribution in [3.8, 4) is 17.6 Å². The van der Waals surface area contributed by atoms with Gasteiger partial charge in [0.2, 0.25) is 5.91 Å². The highest BCUT2D eigenvalue weighted by atomic mass is 16.5. The van der Waals surface area contributed by atoms with E-state index in [9.17, 15) is 9.59 Å². The van der Waals surface area contributed by atoms with Gasteiger partial charge in [0.15, 0.2) is 0 Å². The van der Waals surface area contributed by atoms with E-state index < -0.39 is 11.9 Å². The second-order valence-electron chi connectivity index (χ2n) is 3.54. The fourth-order valence-corrected chi connectivity index (χ4v) is 1.36. The zero-order chi connectivity index (χ0) is 13.5. The Kier molecular flexibility index (Phi) is 4.76. The molecule has 0 bridgehead atoms. The molecule has 18 heavy (non-hydrogen) atoms. The molecule has 0 aliphatic carbocycles. The van der Waals surface area contributed by atoms with Gasteiger partial charge < -0.3 is 15.6 Å². The van der Waals surface area contributed by atoms with Crippen molar-refractivity contribution in [3.63, 3.8) is 0 Å². The normalized spacial score (nSPS) is 9.17. The largest absolute Gasteiger partial charge is 0.496 e. The van der Waals surface area contributed by atoms with Crippen LogP contribution >= 0.6 is 0 Å². The van der Waals surface area contributed by atoms with E-state index >= 15 is 0 Å². The fourth-order valence-electron chi connectivity index (χ4n) is 1.36. The molecule has 0 heterocycles. The molecule has 0 unspecified atom stereocenters. The number of hydrogen-bond donors (Lipinski definition) is 2. The summed E-state index contributed by atoms with van der Waals surface area (Å²) in [5, 5.41) is 8.72. The van der Waals surface area contributed by atoms with Crippen molar-refractivity contribution in [2.75, 3.05) is 7.11 Å². The van der Waals surface area contributed by atoms with Gasteiger partial charge in [-0.15, -0.1) is 0 Å². The van der Waals surface area contributed by atoms with Gasteiger partial charge in [0, 0.05) is 11.1 Å². The van der Waals surface area contributed by atoms with Crippen LogP contribution in [0.3, 0.4) is 0 Å². The summed E-state index contributed by atoms with van der Waals surface area (Å²) < 4.78 is 5.09. The minimum Gasteiger partial charge on any atom is -0.496 e. The van der Waals surface area contributed by atoms with Gasteiger partial charge in [-0.2, -0.15) is 0 Å². The van der Waals surface area contributed by atoms with Crippen molar-refractivity contribution in [1.29, 1.82) is 0 Å². The molecule has 0 saturated heterocycles. The van der Waals surface area contributed by atoms with Crippen LogP contribution in [0, 0.1) is 11.8 Å². The third-order valence-electron chi connectivity index (χ3n) is 2.12. The molecule has 1 aromatic rings. The zero-order valence-corrected chi connectivity index (χ0v) is 9.90. The van der Waals surface area contributed by atoms with Crippen LogP contribution in [-0.4, -0.2) is 24.1 Å². The van der Waals surface area contributed by atoms with Gasteiger partial charge in [-0.3, -0.25) is 9.59 Å². The first-order valence-corrected chi connectivity index (χ1v) is 5.19. The number of carboxylic acid groups (broad SMARTS) is 1. The number of amides is 1. The lowest BCUT2D eigenvalue weighted by atomic mass is 10.1. The predicted octanol–water partition coefficient (Wildman–Crippen LogP) is 0.549. The van der Waals surface area contributed by atoms with Crippen LogP contribution < -0.4 is 10.5 Å². The summed E-state index contributed by atoms with van der Waals surface area (Å²) in [5.74, 6) is 4.41. The number of carbonyl (C=O) groups excluding carboxylic acids is 1. The molecule has 1 rings (SSSR count). The van der Waals surface area contributed by atoms with Crippen LogP contribution in [0.2, 0.25) is 0 Å². The SMILES string of the molecule is COc1cc(C#CCC(N)=O)ccc1CC(=O)O. The monoisotopic (exact) mass is 247 g/mol. The van der Waals surface area contributed by atoms with Crippen molar-refractivity contribution in [3.05, 3.63) is 29.3 Å². The van der Waals surface area contributed by atoms with E-state index in [0.29, 0.717) is 16.9 Å². The number of ether oxygens (including phenoxy) is 1. The molecule has 0 aliphatic rings. The average molecular weight is 247 g/mol. The summed E-state index contributed by atoms with van der Waals surface area (Å²) in [6.07, 6.45) is -0.128. The summed E-state index contributed by atoms with van der Waals surface area (Å²) in [7, 11) is 1.46. The second kappa shape index (κ2) is 6.30. The number of primary amides is 1. The number of benzene rings is 1. The molecule has 0 fully saturated rings. The van der Waals surface area contributed by atoms with Gasteiger partial charge in [0.25, 0.3) is 0 Å². The van der Waals surface area contributed by atoms with Crippen LogP contribution in [0.5, 0.6) is 5.75 Å². The molecule has 0 aromatic heterocycles. The fraction of sp³-hybridized carbons (Fsp3) is 0.231. The maximum absolute atomic E-state index is 10.6. The number of carbonyl (C=O) groups is 2. The molecule has 5 heteroatoms. The molecule has 94 valence electrons. The van der Waals surface area contributed by atoms with Crippen LogP contribution in [-0.2, 0) is 16.0 Å². The topological polar surface area (TPSA) is 89.6 Å². The maximum atomic E-state index is 10.6. The molecule has 5 nitrogen and oxygen atoms in total. The van der Waals surface area contributed by atoms with Gasteiger partial charge in [-0.1, -0.05) is 17.9 Å². The van der Waals surface area contributed by atoms with Crippen LogP contribution in [0.25, 0.3) is 0 Å². The van der Waals surface area contributed by atoms with Crippen molar-refractivity contribution in [2.24, 2.45) is 5.73 Å². The zero-order valence-electron chi connectivity index (χ0n) is 9.90. The number of rotatable bonds is 4. The summed E-state index contributed by atoms with van der Waals surface area (Å²) in [6, 6.07) is 4.95. The van der Waals surface area contributed by atoms with E-state index in [1.165, 1.54) is 7.11 Å². The Morgan fingerprint density at radius 2 is 2.17 bits per heavy atom. The van der Waals surface area contributed by atoms with Gasteiger partial charge in [0.05, 0.1) is 20.0 Å².